The molecular formula is C24H22N4O2S. The molecule has 0 atom stereocenters. The summed E-state index contributed by atoms with van der Waals surface area (Å²) in [7, 11) is 0. The van der Waals surface area contributed by atoms with Crippen molar-refractivity contribution in [3.8, 4) is 17.0 Å². The van der Waals surface area contributed by atoms with Crippen LogP contribution in [0.5, 0.6) is 5.75 Å². The van der Waals surface area contributed by atoms with Crippen LogP contribution in [0.1, 0.15) is 33.4 Å². The summed E-state index contributed by atoms with van der Waals surface area (Å²) in [5.74, 6) is 0.434. The molecule has 2 aromatic carbocycles. The van der Waals surface area contributed by atoms with Crippen molar-refractivity contribution >= 4 is 23.0 Å². The average Bonchev–Trinajstić information content (AvgIpc) is 3.50. The molecule has 31 heavy (non-hydrogen) atoms. The molecule has 4 rings (SSSR count). The summed E-state index contributed by atoms with van der Waals surface area (Å²) < 4.78 is 5.84. The fourth-order valence-corrected chi connectivity index (χ4v) is 3.57. The molecule has 0 saturated heterocycles. The van der Waals surface area contributed by atoms with Crippen molar-refractivity contribution < 1.29 is 9.53 Å². The number of nitrogens with one attached hydrogen (secondary N) is 2. The zero-order valence-corrected chi connectivity index (χ0v) is 18.1. The molecule has 4 aromatic rings. The van der Waals surface area contributed by atoms with Gasteiger partial charge in [0.05, 0.1) is 11.4 Å². The van der Waals surface area contributed by atoms with Gasteiger partial charge in [0, 0.05) is 10.4 Å². The number of hydrogen-bond acceptors (Lipinski definition) is 5. The first-order valence-electron chi connectivity index (χ1n) is 9.81. The van der Waals surface area contributed by atoms with E-state index in [1.54, 1.807) is 17.4 Å². The monoisotopic (exact) mass is 430 g/mol. The second kappa shape index (κ2) is 9.40. The topological polar surface area (TPSA) is 79.4 Å². The first-order valence-corrected chi connectivity index (χ1v) is 10.7. The molecule has 0 aliphatic rings. The van der Waals surface area contributed by atoms with Gasteiger partial charge in [-0.1, -0.05) is 35.9 Å². The number of aryl methyl sites for hydroxylation is 1. The molecule has 6 nitrogen and oxygen atoms in total. The number of aromatic nitrogens is 2. The summed E-state index contributed by atoms with van der Waals surface area (Å²) in [5.41, 5.74) is 7.57. The molecule has 0 bridgehead atoms. The Labute approximate surface area is 184 Å². The first kappa shape index (κ1) is 20.6. The zero-order valence-electron chi connectivity index (χ0n) is 17.3. The van der Waals surface area contributed by atoms with E-state index in [2.05, 4.69) is 51.9 Å². The number of benzene rings is 2. The van der Waals surface area contributed by atoms with E-state index in [1.165, 1.54) is 5.56 Å². The van der Waals surface area contributed by atoms with Crippen LogP contribution in [0.15, 0.2) is 77.2 Å². The molecule has 1 amide bonds. The minimum Gasteiger partial charge on any atom is -0.489 e. The highest BCUT2D eigenvalue weighted by Crippen LogP contribution is 2.22. The number of amides is 1. The van der Waals surface area contributed by atoms with Gasteiger partial charge in [-0.2, -0.15) is 10.2 Å². The smallest absolute Gasteiger partial charge is 0.289 e. The van der Waals surface area contributed by atoms with E-state index in [-0.39, 0.29) is 5.91 Å². The Balaban J connectivity index is 1.36. The van der Waals surface area contributed by atoms with E-state index in [0.717, 1.165) is 27.5 Å². The first-order chi connectivity index (χ1) is 15.1. The highest BCUT2D eigenvalue weighted by Gasteiger charge is 2.11. The molecule has 0 aliphatic heterocycles. The van der Waals surface area contributed by atoms with E-state index in [0.29, 0.717) is 18.0 Å². The van der Waals surface area contributed by atoms with Crippen molar-refractivity contribution in [1.82, 2.24) is 15.6 Å². The maximum absolute atomic E-state index is 12.4. The Morgan fingerprint density at radius 3 is 2.61 bits per heavy atom. The minimum atomic E-state index is -0.340. The zero-order chi connectivity index (χ0) is 21.6. The second-order valence-corrected chi connectivity index (χ2v) is 8.03. The second-order valence-electron chi connectivity index (χ2n) is 7.08. The number of hydrazone groups is 1. The Morgan fingerprint density at radius 2 is 1.90 bits per heavy atom. The van der Waals surface area contributed by atoms with Crippen LogP contribution in [0.25, 0.3) is 11.3 Å². The summed E-state index contributed by atoms with van der Waals surface area (Å²) in [4.78, 5) is 13.4. The molecule has 0 radical (unpaired) electrons. The minimum absolute atomic E-state index is 0.340. The largest absolute Gasteiger partial charge is 0.489 e. The number of carbonyl (C=O) groups excluding carboxylic acids is 1. The predicted octanol–water partition coefficient (Wildman–Crippen LogP) is 5.18. The molecule has 0 aliphatic carbocycles. The van der Waals surface area contributed by atoms with Crippen molar-refractivity contribution in [2.75, 3.05) is 0 Å². The maximum Gasteiger partial charge on any atom is 0.289 e. The quantitative estimate of drug-likeness (QED) is 0.313. The van der Waals surface area contributed by atoms with Crippen molar-refractivity contribution in [3.63, 3.8) is 0 Å². The fraction of sp³-hybridized carbons (Fsp3) is 0.125. The van der Waals surface area contributed by atoms with Crippen molar-refractivity contribution in [2.45, 2.75) is 20.5 Å². The van der Waals surface area contributed by atoms with E-state index >= 15 is 0 Å². The number of hydrogen-bond donors (Lipinski definition) is 2. The van der Waals surface area contributed by atoms with Crippen molar-refractivity contribution in [1.29, 1.82) is 0 Å². The SMILES string of the molecule is C/C(=N/NC(=O)c1cc(-c2ccc(OCc3ccc(C)cc3)cc2)n[nH]1)c1cccs1. The molecule has 0 spiro atoms. The van der Waals surface area contributed by atoms with Crippen LogP contribution in [0.2, 0.25) is 0 Å². The standard InChI is InChI=1S/C24H22N4O2S/c1-16-5-7-18(8-6-16)15-30-20-11-9-19(10-12-20)21-14-22(27-26-21)24(29)28-25-17(2)23-4-3-13-31-23/h3-14H,15H2,1-2H3,(H,26,27)(H,28,29)/b25-17-. The number of ether oxygens (including phenoxy) is 1. The Kier molecular flexibility index (Phi) is 6.24. The summed E-state index contributed by atoms with van der Waals surface area (Å²) in [6.07, 6.45) is 0. The van der Waals surface area contributed by atoms with Gasteiger partial charge in [-0.15, -0.1) is 11.3 Å². The molecule has 156 valence electrons. The molecule has 0 unspecified atom stereocenters. The summed E-state index contributed by atoms with van der Waals surface area (Å²) in [5, 5.41) is 13.1. The Hall–Kier alpha value is -3.71. The molecular weight excluding hydrogens is 408 g/mol. The van der Waals surface area contributed by atoms with E-state index in [9.17, 15) is 4.79 Å². The van der Waals surface area contributed by atoms with Gasteiger partial charge in [0.15, 0.2) is 0 Å². The number of thiophene rings is 1. The van der Waals surface area contributed by atoms with Crippen LogP contribution in [-0.2, 0) is 6.61 Å². The number of nitrogens with zero attached hydrogens (tertiary/aromatic N) is 2. The molecule has 0 saturated carbocycles. The van der Waals surface area contributed by atoms with Crippen LogP contribution < -0.4 is 10.2 Å². The molecule has 0 fully saturated rings. The van der Waals surface area contributed by atoms with Gasteiger partial charge in [-0.3, -0.25) is 9.89 Å². The van der Waals surface area contributed by atoms with Gasteiger partial charge in [-0.25, -0.2) is 5.43 Å². The molecule has 2 heterocycles. The third kappa shape index (κ3) is 5.26. The van der Waals surface area contributed by atoms with E-state index in [4.69, 9.17) is 4.74 Å². The number of rotatable bonds is 7. The summed E-state index contributed by atoms with van der Waals surface area (Å²) in [6.45, 7) is 4.43. The van der Waals surface area contributed by atoms with Gasteiger partial charge >= 0.3 is 0 Å². The summed E-state index contributed by atoms with van der Waals surface area (Å²) in [6, 6.07) is 21.5. The summed E-state index contributed by atoms with van der Waals surface area (Å²) >= 11 is 1.57. The lowest BCUT2D eigenvalue weighted by Gasteiger charge is -2.07. The average molecular weight is 431 g/mol. The van der Waals surface area contributed by atoms with Crippen LogP contribution in [-0.4, -0.2) is 21.8 Å². The number of aromatic amines is 1. The Morgan fingerprint density at radius 1 is 1.13 bits per heavy atom. The number of carbonyl (C=O) groups is 1. The molecule has 7 heteroatoms. The normalized spacial score (nSPS) is 11.4. The lowest BCUT2D eigenvalue weighted by atomic mass is 10.1. The predicted molar refractivity (Wildman–Crippen MR) is 124 cm³/mol. The molecule has 2 N–H and O–H groups in total. The highest BCUT2D eigenvalue weighted by atomic mass is 32.1. The van der Waals surface area contributed by atoms with Crippen LogP contribution >= 0.6 is 11.3 Å². The highest BCUT2D eigenvalue weighted by molar-refractivity contribution is 7.12. The van der Waals surface area contributed by atoms with Gasteiger partial charge in [0.2, 0.25) is 0 Å². The Bertz CT molecular complexity index is 1180. The van der Waals surface area contributed by atoms with Crippen molar-refractivity contribution in [3.05, 3.63) is 93.8 Å². The van der Waals surface area contributed by atoms with Gasteiger partial charge in [0.1, 0.15) is 18.1 Å². The lowest BCUT2D eigenvalue weighted by molar-refractivity contribution is 0.0950. The van der Waals surface area contributed by atoms with Gasteiger partial charge < -0.3 is 4.74 Å². The van der Waals surface area contributed by atoms with Crippen LogP contribution in [0.3, 0.4) is 0 Å². The lowest BCUT2D eigenvalue weighted by Crippen LogP contribution is -2.19. The van der Waals surface area contributed by atoms with Crippen molar-refractivity contribution in [2.24, 2.45) is 5.10 Å². The maximum atomic E-state index is 12.4. The van der Waals surface area contributed by atoms with Gasteiger partial charge in [-0.05, 0) is 61.2 Å². The number of H-pyrrole nitrogens is 1. The van der Waals surface area contributed by atoms with Crippen LogP contribution in [0, 0.1) is 6.92 Å². The molecule has 2 aromatic heterocycles. The van der Waals surface area contributed by atoms with Gasteiger partial charge in [0.25, 0.3) is 5.91 Å². The third-order valence-electron chi connectivity index (χ3n) is 4.70. The third-order valence-corrected chi connectivity index (χ3v) is 5.68. The van der Waals surface area contributed by atoms with Crippen LogP contribution in [0.4, 0.5) is 0 Å². The fourth-order valence-electron chi connectivity index (χ4n) is 2.89. The van der Waals surface area contributed by atoms with E-state index in [1.807, 2.05) is 48.7 Å². The van der Waals surface area contributed by atoms with E-state index < -0.39 is 0 Å².